The first-order valence-corrected chi connectivity index (χ1v) is 9.31. The van der Waals surface area contributed by atoms with Crippen molar-refractivity contribution in [2.75, 3.05) is 12.3 Å². The molecule has 1 aromatic rings. The van der Waals surface area contributed by atoms with Gasteiger partial charge in [0.2, 0.25) is 10.0 Å². The Hall–Kier alpha value is -0.910. The van der Waals surface area contributed by atoms with Crippen LogP contribution in [0.1, 0.15) is 39.2 Å². The number of hydrogen-bond acceptors (Lipinski definition) is 3. The Morgan fingerprint density at radius 3 is 2.38 bits per heavy atom. The minimum Gasteiger partial charge on any atom is -0.314 e. The molecule has 0 aliphatic heterocycles. The molecule has 1 atom stereocenters. The van der Waals surface area contributed by atoms with E-state index >= 15 is 0 Å². The number of rotatable bonds is 10. The average Bonchev–Trinajstić information content (AvgIpc) is 2.42. The van der Waals surface area contributed by atoms with E-state index in [4.69, 9.17) is 0 Å². The Bertz CT molecular complexity index is 486. The van der Waals surface area contributed by atoms with Gasteiger partial charge in [-0.3, -0.25) is 0 Å². The zero-order valence-electron chi connectivity index (χ0n) is 13.3. The molecule has 0 radical (unpaired) electrons. The van der Waals surface area contributed by atoms with Crippen LogP contribution in [0.15, 0.2) is 30.3 Å². The van der Waals surface area contributed by atoms with Crippen molar-refractivity contribution in [2.24, 2.45) is 0 Å². The Morgan fingerprint density at radius 1 is 1.10 bits per heavy atom. The maximum atomic E-state index is 12.0. The van der Waals surface area contributed by atoms with E-state index in [9.17, 15) is 8.42 Å². The van der Waals surface area contributed by atoms with Crippen molar-refractivity contribution < 1.29 is 8.42 Å². The first-order chi connectivity index (χ1) is 9.89. The summed E-state index contributed by atoms with van der Waals surface area (Å²) in [5.41, 5.74) is 1.24. The third kappa shape index (κ3) is 8.86. The predicted octanol–water partition coefficient (Wildman–Crippen LogP) is 2.32. The fourth-order valence-corrected chi connectivity index (χ4v) is 3.48. The molecule has 0 bridgehead atoms. The summed E-state index contributed by atoms with van der Waals surface area (Å²) in [7, 11) is -3.17. The molecular weight excluding hydrogens is 284 g/mol. The quantitative estimate of drug-likeness (QED) is 0.652. The van der Waals surface area contributed by atoms with Crippen molar-refractivity contribution in [1.29, 1.82) is 0 Å². The molecule has 0 aromatic heterocycles. The van der Waals surface area contributed by atoms with Crippen LogP contribution in [-0.4, -0.2) is 32.8 Å². The fourth-order valence-electron chi connectivity index (χ4n) is 2.11. The molecule has 0 aliphatic carbocycles. The first-order valence-electron chi connectivity index (χ1n) is 7.66. The highest BCUT2D eigenvalue weighted by Crippen LogP contribution is 2.05. The summed E-state index contributed by atoms with van der Waals surface area (Å²) in [6, 6.07) is 10.5. The maximum absolute atomic E-state index is 12.0. The summed E-state index contributed by atoms with van der Waals surface area (Å²) < 4.78 is 26.7. The highest BCUT2D eigenvalue weighted by Gasteiger charge is 2.14. The van der Waals surface area contributed by atoms with Crippen LogP contribution in [0.2, 0.25) is 0 Å². The third-order valence-corrected chi connectivity index (χ3v) is 4.82. The molecule has 0 heterocycles. The predicted molar refractivity (Wildman–Crippen MR) is 88.9 cm³/mol. The standard InChI is InChI=1S/C16H28N2O2S/c1-14(2)17-12-7-13-21(19,20)18-15(3)10-11-16-8-5-4-6-9-16/h4-6,8-9,14-15,17-18H,7,10-13H2,1-3H3. The summed E-state index contributed by atoms with van der Waals surface area (Å²) in [6.45, 7) is 6.76. The second-order valence-electron chi connectivity index (χ2n) is 5.82. The summed E-state index contributed by atoms with van der Waals surface area (Å²) in [6.07, 6.45) is 2.34. The van der Waals surface area contributed by atoms with Gasteiger partial charge in [0.1, 0.15) is 0 Å². The molecular formula is C16H28N2O2S. The SMILES string of the molecule is CC(C)NCCCS(=O)(=O)NC(C)CCc1ccccc1. The summed E-state index contributed by atoms with van der Waals surface area (Å²) in [4.78, 5) is 0. The van der Waals surface area contributed by atoms with Crippen LogP contribution in [0.4, 0.5) is 0 Å². The molecule has 1 aromatic carbocycles. The van der Waals surface area contributed by atoms with Gasteiger partial charge < -0.3 is 5.32 Å². The van der Waals surface area contributed by atoms with E-state index in [0.29, 0.717) is 12.5 Å². The van der Waals surface area contributed by atoms with Crippen molar-refractivity contribution in [2.45, 2.75) is 52.1 Å². The number of aryl methyl sites for hydroxylation is 1. The summed E-state index contributed by atoms with van der Waals surface area (Å²) in [5, 5.41) is 3.23. The lowest BCUT2D eigenvalue weighted by molar-refractivity contribution is 0.538. The largest absolute Gasteiger partial charge is 0.314 e. The minimum absolute atomic E-state index is 0.0340. The van der Waals surface area contributed by atoms with E-state index in [1.807, 2.05) is 25.1 Å². The molecule has 120 valence electrons. The van der Waals surface area contributed by atoms with Crippen LogP contribution in [0.5, 0.6) is 0 Å². The smallest absolute Gasteiger partial charge is 0.211 e. The Labute approximate surface area is 129 Å². The fraction of sp³-hybridized carbons (Fsp3) is 0.625. The van der Waals surface area contributed by atoms with Gasteiger partial charge in [-0.2, -0.15) is 0 Å². The maximum Gasteiger partial charge on any atom is 0.211 e. The number of sulfonamides is 1. The van der Waals surface area contributed by atoms with E-state index in [2.05, 4.69) is 36.0 Å². The highest BCUT2D eigenvalue weighted by molar-refractivity contribution is 7.89. The lowest BCUT2D eigenvalue weighted by Gasteiger charge is -2.14. The minimum atomic E-state index is -3.17. The van der Waals surface area contributed by atoms with Gasteiger partial charge in [-0.15, -0.1) is 0 Å². The van der Waals surface area contributed by atoms with Crippen LogP contribution in [0.3, 0.4) is 0 Å². The summed E-state index contributed by atoms with van der Waals surface area (Å²) >= 11 is 0. The normalized spacial score (nSPS) is 13.5. The van der Waals surface area contributed by atoms with Gasteiger partial charge in [0.05, 0.1) is 5.75 Å². The van der Waals surface area contributed by atoms with Crippen LogP contribution in [0.25, 0.3) is 0 Å². The molecule has 2 N–H and O–H groups in total. The van der Waals surface area contributed by atoms with Crippen molar-refractivity contribution in [1.82, 2.24) is 10.0 Å². The van der Waals surface area contributed by atoms with Crippen molar-refractivity contribution in [3.05, 3.63) is 35.9 Å². The molecule has 1 rings (SSSR count). The molecule has 4 nitrogen and oxygen atoms in total. The lowest BCUT2D eigenvalue weighted by Crippen LogP contribution is -2.35. The lowest BCUT2D eigenvalue weighted by atomic mass is 10.1. The molecule has 0 saturated carbocycles. The van der Waals surface area contributed by atoms with Gasteiger partial charge >= 0.3 is 0 Å². The first kappa shape index (κ1) is 18.1. The van der Waals surface area contributed by atoms with Crippen molar-refractivity contribution in [3.8, 4) is 0 Å². The average molecular weight is 312 g/mol. The molecule has 0 saturated heterocycles. The number of benzene rings is 1. The molecule has 0 amide bonds. The zero-order valence-corrected chi connectivity index (χ0v) is 14.1. The van der Waals surface area contributed by atoms with Gasteiger partial charge in [-0.05, 0) is 38.3 Å². The van der Waals surface area contributed by atoms with Crippen molar-refractivity contribution in [3.63, 3.8) is 0 Å². The van der Waals surface area contributed by atoms with Crippen molar-refractivity contribution >= 4 is 10.0 Å². The van der Waals surface area contributed by atoms with Gasteiger partial charge in [0.25, 0.3) is 0 Å². The molecule has 21 heavy (non-hydrogen) atoms. The third-order valence-electron chi connectivity index (χ3n) is 3.23. The molecule has 0 spiro atoms. The highest BCUT2D eigenvalue weighted by atomic mass is 32.2. The number of nitrogens with one attached hydrogen (secondary N) is 2. The topological polar surface area (TPSA) is 58.2 Å². The van der Waals surface area contributed by atoms with Gasteiger partial charge in [-0.25, -0.2) is 13.1 Å². The van der Waals surface area contributed by atoms with Crippen LogP contribution in [0, 0.1) is 0 Å². The van der Waals surface area contributed by atoms with E-state index in [1.165, 1.54) is 5.56 Å². The second kappa shape index (κ2) is 9.18. The Kier molecular flexibility index (Phi) is 7.93. The van der Waals surface area contributed by atoms with E-state index in [0.717, 1.165) is 19.4 Å². The van der Waals surface area contributed by atoms with E-state index in [1.54, 1.807) is 0 Å². The second-order valence-corrected chi connectivity index (χ2v) is 7.70. The Morgan fingerprint density at radius 2 is 1.76 bits per heavy atom. The van der Waals surface area contributed by atoms with Crippen LogP contribution in [-0.2, 0) is 16.4 Å². The van der Waals surface area contributed by atoms with Gasteiger partial charge in [0.15, 0.2) is 0 Å². The van der Waals surface area contributed by atoms with Gasteiger partial charge in [0, 0.05) is 12.1 Å². The summed E-state index contributed by atoms with van der Waals surface area (Å²) in [5.74, 6) is 0.183. The van der Waals surface area contributed by atoms with Crippen LogP contribution >= 0.6 is 0 Å². The van der Waals surface area contributed by atoms with E-state index in [-0.39, 0.29) is 11.8 Å². The Balaban J connectivity index is 2.27. The number of hydrogen-bond donors (Lipinski definition) is 2. The monoisotopic (exact) mass is 312 g/mol. The molecule has 5 heteroatoms. The van der Waals surface area contributed by atoms with Gasteiger partial charge in [-0.1, -0.05) is 44.2 Å². The zero-order chi connectivity index (χ0) is 15.7. The molecule has 0 aliphatic rings. The molecule has 0 fully saturated rings. The molecule has 1 unspecified atom stereocenters. The van der Waals surface area contributed by atoms with Crippen LogP contribution < -0.4 is 10.0 Å². The van der Waals surface area contributed by atoms with E-state index < -0.39 is 10.0 Å².